The zero-order valence-corrected chi connectivity index (χ0v) is 27.6. The molecular weight excluding hydrogens is 562 g/mol. The Hall–Kier alpha value is -3.81. The Morgan fingerprint density at radius 1 is 0.622 bits per heavy atom. The van der Waals surface area contributed by atoms with Crippen LogP contribution in [0, 0.1) is 27.7 Å². The second-order valence-corrected chi connectivity index (χ2v) is 12.1. The van der Waals surface area contributed by atoms with E-state index in [1.807, 2.05) is 38.1 Å². The van der Waals surface area contributed by atoms with Crippen molar-refractivity contribution in [2.45, 2.75) is 92.1 Å². The molecule has 0 amide bonds. The maximum Gasteiger partial charge on any atom is 0.167 e. The van der Waals surface area contributed by atoms with Crippen LogP contribution in [-0.2, 0) is 4.74 Å². The van der Waals surface area contributed by atoms with Gasteiger partial charge in [-0.2, -0.15) is 0 Å². The zero-order chi connectivity index (χ0) is 32.2. The summed E-state index contributed by atoms with van der Waals surface area (Å²) in [5.74, 6) is 1.88. The van der Waals surface area contributed by atoms with E-state index in [9.17, 15) is 10.2 Å². The normalized spacial score (nSPS) is 12.0. The Balaban J connectivity index is 1.41. The molecule has 0 spiro atoms. The van der Waals surface area contributed by atoms with Crippen LogP contribution in [0.2, 0.25) is 0 Å². The van der Waals surface area contributed by atoms with Crippen LogP contribution in [0.15, 0.2) is 54.6 Å². The van der Waals surface area contributed by atoms with E-state index in [0.29, 0.717) is 35.4 Å². The van der Waals surface area contributed by atoms with E-state index in [0.717, 1.165) is 46.2 Å². The zero-order valence-electron chi connectivity index (χ0n) is 27.6. The highest BCUT2D eigenvalue weighted by Crippen LogP contribution is 2.34. The number of aliphatic hydroxyl groups is 1. The molecule has 0 aliphatic rings. The summed E-state index contributed by atoms with van der Waals surface area (Å²) in [6.45, 7) is 11.4. The highest BCUT2D eigenvalue weighted by molar-refractivity contribution is 5.72. The first-order chi connectivity index (χ1) is 21.7. The number of hydrogen-bond acceptors (Lipinski definition) is 7. The molecule has 0 fully saturated rings. The molecule has 3 aromatic carbocycles. The lowest BCUT2D eigenvalue weighted by atomic mass is 10.0. The smallest absolute Gasteiger partial charge is 0.167 e. The van der Waals surface area contributed by atoms with E-state index in [-0.39, 0.29) is 19.0 Å². The number of aromatic nitrogens is 3. The quantitative estimate of drug-likeness (QED) is 0.115. The SMILES string of the molecule is CCCCCCCCCCOCC(O)COc1ccc(-c2nc(-c3ccc(C)cc3C)nc(-c3ccc(C)cc3C)n2)c(O)c1. The molecule has 45 heavy (non-hydrogen) atoms. The first-order valence-corrected chi connectivity index (χ1v) is 16.4. The molecule has 0 aliphatic carbocycles. The number of aryl methyl sites for hydroxylation is 4. The molecule has 0 bridgehead atoms. The largest absolute Gasteiger partial charge is 0.507 e. The molecule has 0 saturated carbocycles. The van der Waals surface area contributed by atoms with Crippen molar-refractivity contribution in [1.82, 2.24) is 15.0 Å². The first-order valence-electron chi connectivity index (χ1n) is 16.4. The molecule has 0 aliphatic heterocycles. The third-order valence-electron chi connectivity index (χ3n) is 7.99. The second-order valence-electron chi connectivity index (χ2n) is 12.1. The third-order valence-corrected chi connectivity index (χ3v) is 7.99. The number of unbranched alkanes of at least 4 members (excludes halogenated alkanes) is 7. The molecule has 7 nitrogen and oxygen atoms in total. The summed E-state index contributed by atoms with van der Waals surface area (Å²) in [5, 5.41) is 21.4. The number of aromatic hydroxyl groups is 1. The molecule has 7 heteroatoms. The summed E-state index contributed by atoms with van der Waals surface area (Å²) in [4.78, 5) is 14.5. The number of phenols is 1. The predicted octanol–water partition coefficient (Wildman–Crippen LogP) is 8.71. The van der Waals surface area contributed by atoms with Gasteiger partial charge in [0.25, 0.3) is 0 Å². The summed E-state index contributed by atoms with van der Waals surface area (Å²) in [6.07, 6.45) is 9.19. The molecule has 1 atom stereocenters. The summed E-state index contributed by atoms with van der Waals surface area (Å²) < 4.78 is 11.4. The minimum atomic E-state index is -0.759. The van der Waals surface area contributed by atoms with E-state index >= 15 is 0 Å². The van der Waals surface area contributed by atoms with Gasteiger partial charge in [-0.15, -0.1) is 0 Å². The number of benzene rings is 3. The Labute approximate surface area is 268 Å². The Bertz CT molecular complexity index is 1470. The van der Waals surface area contributed by atoms with Crippen molar-refractivity contribution in [1.29, 1.82) is 0 Å². The maximum absolute atomic E-state index is 11.1. The number of hydrogen-bond donors (Lipinski definition) is 2. The lowest BCUT2D eigenvalue weighted by Crippen LogP contribution is -2.23. The average Bonchev–Trinajstić information content (AvgIpc) is 3.00. The number of phenolic OH excluding ortho intramolecular Hbond substituents is 1. The molecule has 1 heterocycles. The van der Waals surface area contributed by atoms with E-state index in [2.05, 4.69) is 32.9 Å². The minimum absolute atomic E-state index is 0.0164. The lowest BCUT2D eigenvalue weighted by Gasteiger charge is -2.14. The van der Waals surface area contributed by atoms with E-state index in [4.69, 9.17) is 24.4 Å². The molecule has 1 aromatic heterocycles. The number of aliphatic hydroxyl groups excluding tert-OH is 1. The number of nitrogens with zero attached hydrogens (tertiary/aromatic N) is 3. The molecule has 4 rings (SSSR count). The Kier molecular flexibility index (Phi) is 12.9. The lowest BCUT2D eigenvalue weighted by molar-refractivity contribution is 0.0109. The van der Waals surface area contributed by atoms with Gasteiger partial charge in [0, 0.05) is 23.8 Å². The predicted molar refractivity (Wildman–Crippen MR) is 182 cm³/mol. The highest BCUT2D eigenvalue weighted by atomic mass is 16.5. The van der Waals surface area contributed by atoms with Crippen LogP contribution in [0.3, 0.4) is 0 Å². The number of ether oxygens (including phenoxy) is 2. The minimum Gasteiger partial charge on any atom is -0.507 e. The van der Waals surface area contributed by atoms with Gasteiger partial charge in [-0.25, -0.2) is 15.0 Å². The van der Waals surface area contributed by atoms with Crippen LogP contribution in [0.4, 0.5) is 0 Å². The van der Waals surface area contributed by atoms with Crippen LogP contribution in [-0.4, -0.2) is 51.1 Å². The van der Waals surface area contributed by atoms with Gasteiger partial charge in [0.2, 0.25) is 0 Å². The van der Waals surface area contributed by atoms with Gasteiger partial charge in [-0.05, 0) is 57.4 Å². The van der Waals surface area contributed by atoms with Crippen LogP contribution in [0.25, 0.3) is 34.2 Å². The summed E-state index contributed by atoms with van der Waals surface area (Å²) in [7, 11) is 0. The van der Waals surface area contributed by atoms with Crippen LogP contribution in [0.5, 0.6) is 11.5 Å². The number of rotatable bonds is 17. The standard InChI is InChI=1S/C38H49N3O4/c1-6-7-8-9-10-11-12-13-20-44-24-30(42)25-45-31-16-19-34(35(43)23-31)38-40-36(32-17-14-26(2)21-28(32)4)39-37(41-38)33-18-15-27(3)22-29(33)5/h14-19,21-23,30,42-43H,6-13,20,24-25H2,1-5H3. The van der Waals surface area contributed by atoms with Gasteiger partial charge in [0.15, 0.2) is 17.5 Å². The van der Waals surface area contributed by atoms with Gasteiger partial charge < -0.3 is 19.7 Å². The molecule has 2 N–H and O–H groups in total. The molecular formula is C38H49N3O4. The van der Waals surface area contributed by atoms with Crippen molar-refractivity contribution in [3.8, 4) is 45.7 Å². The van der Waals surface area contributed by atoms with Gasteiger partial charge in [0.05, 0.1) is 12.2 Å². The Morgan fingerprint density at radius 3 is 1.67 bits per heavy atom. The summed E-state index contributed by atoms with van der Waals surface area (Å²) in [6, 6.07) is 17.4. The molecule has 0 saturated heterocycles. The molecule has 4 aromatic rings. The van der Waals surface area contributed by atoms with Crippen molar-refractivity contribution in [3.05, 3.63) is 76.9 Å². The van der Waals surface area contributed by atoms with Crippen molar-refractivity contribution in [2.24, 2.45) is 0 Å². The van der Waals surface area contributed by atoms with E-state index < -0.39 is 6.10 Å². The fraction of sp³-hybridized carbons (Fsp3) is 0.447. The van der Waals surface area contributed by atoms with Crippen molar-refractivity contribution >= 4 is 0 Å². The topological polar surface area (TPSA) is 97.6 Å². The Morgan fingerprint density at radius 2 is 1.13 bits per heavy atom. The van der Waals surface area contributed by atoms with E-state index in [1.54, 1.807) is 12.1 Å². The van der Waals surface area contributed by atoms with Gasteiger partial charge in [-0.3, -0.25) is 0 Å². The molecule has 0 radical (unpaired) electrons. The fourth-order valence-electron chi connectivity index (χ4n) is 5.45. The highest BCUT2D eigenvalue weighted by Gasteiger charge is 2.18. The molecule has 1 unspecified atom stereocenters. The van der Waals surface area contributed by atoms with Crippen molar-refractivity contribution in [2.75, 3.05) is 19.8 Å². The monoisotopic (exact) mass is 611 g/mol. The van der Waals surface area contributed by atoms with Crippen LogP contribution < -0.4 is 4.74 Å². The first kappa shape index (κ1) is 34.1. The van der Waals surface area contributed by atoms with Crippen LogP contribution in [0.1, 0.15) is 80.5 Å². The second kappa shape index (κ2) is 17.0. The summed E-state index contributed by atoms with van der Waals surface area (Å²) >= 11 is 0. The van der Waals surface area contributed by atoms with Gasteiger partial charge >= 0.3 is 0 Å². The van der Waals surface area contributed by atoms with Gasteiger partial charge in [-0.1, -0.05) is 99.4 Å². The maximum atomic E-state index is 11.1. The third kappa shape index (κ3) is 10.1. The van der Waals surface area contributed by atoms with Crippen LogP contribution >= 0.6 is 0 Å². The average molecular weight is 612 g/mol. The fourth-order valence-corrected chi connectivity index (χ4v) is 5.45. The van der Waals surface area contributed by atoms with Gasteiger partial charge in [0.1, 0.15) is 24.2 Å². The summed E-state index contributed by atoms with van der Waals surface area (Å²) in [5.41, 5.74) is 6.74. The van der Waals surface area contributed by atoms with E-state index in [1.165, 1.54) is 44.6 Å². The van der Waals surface area contributed by atoms with Crippen molar-refractivity contribution in [3.63, 3.8) is 0 Å². The van der Waals surface area contributed by atoms with Crippen molar-refractivity contribution < 1.29 is 19.7 Å². The molecule has 240 valence electrons.